The molecule has 3 aromatic carbocycles. The van der Waals surface area contributed by atoms with E-state index in [0.717, 1.165) is 46.4 Å². The van der Waals surface area contributed by atoms with Gasteiger partial charge in [0.05, 0.1) is 10.6 Å². The van der Waals surface area contributed by atoms with E-state index in [4.69, 9.17) is 16.3 Å². The highest BCUT2D eigenvalue weighted by molar-refractivity contribution is 6.34. The summed E-state index contributed by atoms with van der Waals surface area (Å²) in [7, 11) is 1.59. The third-order valence-corrected chi connectivity index (χ3v) is 7.11. The van der Waals surface area contributed by atoms with Gasteiger partial charge in [-0.2, -0.15) is 0 Å². The second-order valence-electron chi connectivity index (χ2n) is 8.95. The van der Waals surface area contributed by atoms with Gasteiger partial charge in [0, 0.05) is 25.2 Å². The predicted molar refractivity (Wildman–Crippen MR) is 133 cm³/mol. The Balaban J connectivity index is 1.29. The van der Waals surface area contributed by atoms with Crippen LogP contribution in [0.2, 0.25) is 5.02 Å². The quantitative estimate of drug-likeness (QED) is 0.488. The van der Waals surface area contributed by atoms with Gasteiger partial charge in [-0.15, -0.1) is 0 Å². The van der Waals surface area contributed by atoms with Crippen LogP contribution in [-0.4, -0.2) is 29.8 Å². The van der Waals surface area contributed by atoms with E-state index in [9.17, 15) is 9.59 Å². The van der Waals surface area contributed by atoms with Gasteiger partial charge in [-0.25, -0.2) is 0 Å². The highest BCUT2D eigenvalue weighted by Gasteiger charge is 2.34. The molecule has 1 fully saturated rings. The molecule has 1 aliphatic carbocycles. The number of carbonyl (C=O) groups is 2. The average Bonchev–Trinajstić information content (AvgIpc) is 3.51. The molecule has 0 aromatic heterocycles. The third-order valence-electron chi connectivity index (χ3n) is 6.78. The fourth-order valence-corrected chi connectivity index (χ4v) is 5.14. The standard InChI is InChI=1S/C28H27ClN2O3/c1-30-27(32)25-15-20(9-12-26(25)29)19-6-4-5-18(13-19)17-34-23-10-11-24-21(14-23)16-31(28(24)33)22-7-2-3-8-22/h4-6,9-15,22H,2-3,7-8,16-17H2,1H3,(H,30,32). The Hall–Kier alpha value is -3.31. The van der Waals surface area contributed by atoms with Gasteiger partial charge in [-0.3, -0.25) is 9.59 Å². The third kappa shape index (κ3) is 4.40. The average molecular weight is 475 g/mol. The molecule has 1 aliphatic heterocycles. The van der Waals surface area contributed by atoms with Gasteiger partial charge in [-0.05, 0) is 71.5 Å². The zero-order chi connectivity index (χ0) is 23.7. The molecular weight excluding hydrogens is 448 g/mol. The number of fused-ring (bicyclic) bond motifs is 1. The van der Waals surface area contributed by atoms with Gasteiger partial charge in [-0.1, -0.05) is 48.7 Å². The fourth-order valence-electron chi connectivity index (χ4n) is 4.94. The first-order valence-electron chi connectivity index (χ1n) is 11.7. The highest BCUT2D eigenvalue weighted by atomic mass is 35.5. The summed E-state index contributed by atoms with van der Waals surface area (Å²) < 4.78 is 6.09. The molecule has 3 aromatic rings. The number of hydrogen-bond acceptors (Lipinski definition) is 3. The molecule has 1 N–H and O–H groups in total. The van der Waals surface area contributed by atoms with Crippen LogP contribution in [0, 0.1) is 0 Å². The molecule has 0 radical (unpaired) electrons. The number of nitrogens with one attached hydrogen (secondary N) is 1. The summed E-state index contributed by atoms with van der Waals surface area (Å²) in [5.74, 6) is 0.701. The van der Waals surface area contributed by atoms with Crippen LogP contribution >= 0.6 is 11.6 Å². The molecule has 0 bridgehead atoms. The smallest absolute Gasteiger partial charge is 0.254 e. The minimum absolute atomic E-state index is 0.153. The number of amides is 2. The first-order valence-corrected chi connectivity index (χ1v) is 12.1. The number of rotatable bonds is 6. The van der Waals surface area contributed by atoms with Crippen LogP contribution in [0.25, 0.3) is 11.1 Å². The topological polar surface area (TPSA) is 58.6 Å². The van der Waals surface area contributed by atoms with Crippen LogP contribution in [-0.2, 0) is 13.2 Å². The highest BCUT2D eigenvalue weighted by Crippen LogP contribution is 2.33. The summed E-state index contributed by atoms with van der Waals surface area (Å²) in [6.45, 7) is 1.08. The Morgan fingerprint density at radius 2 is 1.85 bits per heavy atom. The lowest BCUT2D eigenvalue weighted by Gasteiger charge is -2.23. The van der Waals surface area contributed by atoms with E-state index in [2.05, 4.69) is 11.4 Å². The SMILES string of the molecule is CNC(=O)c1cc(-c2cccc(COc3ccc4c(c3)CN(C3CCCC3)C4=O)c2)ccc1Cl. The van der Waals surface area contributed by atoms with Gasteiger partial charge in [0.2, 0.25) is 0 Å². The van der Waals surface area contributed by atoms with Crippen molar-refractivity contribution in [2.24, 2.45) is 0 Å². The van der Waals surface area contributed by atoms with Crippen molar-refractivity contribution in [1.82, 2.24) is 10.2 Å². The maximum Gasteiger partial charge on any atom is 0.254 e. The van der Waals surface area contributed by atoms with Gasteiger partial charge >= 0.3 is 0 Å². The van der Waals surface area contributed by atoms with Gasteiger partial charge in [0.25, 0.3) is 11.8 Å². The van der Waals surface area contributed by atoms with Crippen molar-refractivity contribution in [1.29, 1.82) is 0 Å². The Morgan fingerprint density at radius 1 is 1.06 bits per heavy atom. The summed E-state index contributed by atoms with van der Waals surface area (Å²) >= 11 is 6.20. The number of nitrogens with zero attached hydrogens (tertiary/aromatic N) is 1. The number of carbonyl (C=O) groups excluding carboxylic acids is 2. The zero-order valence-corrected chi connectivity index (χ0v) is 19.9. The molecule has 0 saturated heterocycles. The Kier molecular flexibility index (Phi) is 6.29. The maximum absolute atomic E-state index is 12.8. The minimum atomic E-state index is -0.215. The second kappa shape index (κ2) is 9.51. The Morgan fingerprint density at radius 3 is 2.65 bits per heavy atom. The zero-order valence-electron chi connectivity index (χ0n) is 19.1. The van der Waals surface area contributed by atoms with Gasteiger partial charge in [0.1, 0.15) is 12.4 Å². The molecule has 1 saturated carbocycles. The lowest BCUT2D eigenvalue weighted by molar-refractivity contribution is 0.0706. The van der Waals surface area contributed by atoms with Crippen LogP contribution in [0.3, 0.4) is 0 Å². The van der Waals surface area contributed by atoms with Crippen LogP contribution in [0.4, 0.5) is 0 Å². The van der Waals surface area contributed by atoms with E-state index in [1.54, 1.807) is 19.2 Å². The summed E-state index contributed by atoms with van der Waals surface area (Å²) in [4.78, 5) is 26.9. The molecule has 2 aliphatic rings. The molecule has 0 unspecified atom stereocenters. The lowest BCUT2D eigenvalue weighted by Crippen LogP contribution is -2.33. The van der Waals surface area contributed by atoms with E-state index < -0.39 is 0 Å². The van der Waals surface area contributed by atoms with Gasteiger partial charge < -0.3 is 15.0 Å². The lowest BCUT2D eigenvalue weighted by atomic mass is 10.0. The molecule has 34 heavy (non-hydrogen) atoms. The molecular formula is C28H27ClN2O3. The van der Waals surface area contributed by atoms with E-state index in [-0.39, 0.29) is 11.8 Å². The molecule has 0 spiro atoms. The monoisotopic (exact) mass is 474 g/mol. The summed E-state index contributed by atoms with van der Waals surface area (Å²) in [5.41, 5.74) is 5.20. The van der Waals surface area contributed by atoms with Crippen molar-refractivity contribution < 1.29 is 14.3 Å². The Bertz CT molecular complexity index is 1250. The normalized spacial score (nSPS) is 15.5. The van der Waals surface area contributed by atoms with Crippen molar-refractivity contribution in [3.8, 4) is 16.9 Å². The van der Waals surface area contributed by atoms with E-state index in [1.807, 2.05) is 47.4 Å². The van der Waals surface area contributed by atoms with Crippen LogP contribution in [0.1, 0.15) is 57.5 Å². The largest absolute Gasteiger partial charge is 0.489 e. The predicted octanol–water partition coefficient (Wildman–Crippen LogP) is 5.84. The molecule has 1 heterocycles. The van der Waals surface area contributed by atoms with Crippen molar-refractivity contribution in [2.45, 2.75) is 44.9 Å². The second-order valence-corrected chi connectivity index (χ2v) is 9.36. The number of hydrogen-bond donors (Lipinski definition) is 1. The molecule has 2 amide bonds. The Labute approximate surface area is 204 Å². The summed E-state index contributed by atoms with van der Waals surface area (Å²) in [6, 6.07) is 19.6. The number of benzene rings is 3. The van der Waals surface area contributed by atoms with Crippen molar-refractivity contribution in [3.63, 3.8) is 0 Å². The van der Waals surface area contributed by atoms with Crippen LogP contribution in [0.15, 0.2) is 60.7 Å². The number of halogens is 1. The summed E-state index contributed by atoms with van der Waals surface area (Å²) in [6.07, 6.45) is 4.64. The molecule has 174 valence electrons. The van der Waals surface area contributed by atoms with E-state index >= 15 is 0 Å². The van der Waals surface area contributed by atoms with Crippen molar-refractivity contribution in [2.75, 3.05) is 7.05 Å². The van der Waals surface area contributed by atoms with Gasteiger partial charge in [0.15, 0.2) is 0 Å². The van der Waals surface area contributed by atoms with Crippen LogP contribution in [0.5, 0.6) is 5.75 Å². The number of ether oxygens (including phenoxy) is 1. The molecule has 5 nitrogen and oxygen atoms in total. The van der Waals surface area contributed by atoms with E-state index in [1.165, 1.54) is 12.8 Å². The van der Waals surface area contributed by atoms with Crippen LogP contribution < -0.4 is 10.1 Å². The maximum atomic E-state index is 12.8. The molecule has 5 rings (SSSR count). The van der Waals surface area contributed by atoms with Crippen molar-refractivity contribution in [3.05, 3.63) is 87.9 Å². The first kappa shape index (κ1) is 22.5. The first-order chi connectivity index (χ1) is 16.5. The van der Waals surface area contributed by atoms with Crippen molar-refractivity contribution >= 4 is 23.4 Å². The fraction of sp³-hybridized carbons (Fsp3) is 0.286. The molecule has 6 heteroatoms. The molecule has 0 atom stereocenters. The van der Waals surface area contributed by atoms with E-state index in [0.29, 0.717) is 29.8 Å². The summed E-state index contributed by atoms with van der Waals surface area (Å²) in [5, 5.41) is 3.04. The minimum Gasteiger partial charge on any atom is -0.489 e.